The van der Waals surface area contributed by atoms with E-state index in [1.54, 1.807) is 24.3 Å². The standard InChI is InChI=1S/C23H35N3O4/c1-16(2)30-15-5-12-24-23(29)20-10-13-26(14-11-20)17(3)22(28)25-21-8-6-19(7-9-21)18(4)27/h6-9,16-17,20H,5,10-15H2,1-4H3,(H,24,29)(H,25,28). The SMILES string of the molecule is CC(=O)c1ccc(NC(=O)C(C)N2CCC(C(=O)NCCCOC(C)C)CC2)cc1. The molecule has 1 aromatic carbocycles. The third-order valence-electron chi connectivity index (χ3n) is 5.46. The van der Waals surface area contributed by atoms with Gasteiger partial charge in [-0.25, -0.2) is 0 Å². The number of nitrogens with zero attached hydrogens (tertiary/aromatic N) is 1. The van der Waals surface area contributed by atoms with Crippen LogP contribution in [0.1, 0.15) is 57.3 Å². The highest BCUT2D eigenvalue weighted by Gasteiger charge is 2.29. The van der Waals surface area contributed by atoms with Crippen molar-refractivity contribution in [2.75, 3.05) is 31.6 Å². The van der Waals surface area contributed by atoms with Crippen LogP contribution in [-0.2, 0) is 14.3 Å². The highest BCUT2D eigenvalue weighted by Crippen LogP contribution is 2.20. The van der Waals surface area contributed by atoms with Crippen LogP contribution in [-0.4, -0.2) is 60.9 Å². The van der Waals surface area contributed by atoms with Crippen molar-refractivity contribution in [1.82, 2.24) is 10.2 Å². The van der Waals surface area contributed by atoms with Gasteiger partial charge in [0.25, 0.3) is 0 Å². The molecule has 1 aliphatic heterocycles. The molecule has 1 heterocycles. The molecule has 30 heavy (non-hydrogen) atoms. The lowest BCUT2D eigenvalue weighted by molar-refractivity contribution is -0.127. The van der Waals surface area contributed by atoms with Gasteiger partial charge >= 0.3 is 0 Å². The molecule has 1 aliphatic rings. The zero-order valence-electron chi connectivity index (χ0n) is 18.6. The molecule has 0 radical (unpaired) electrons. The molecule has 1 unspecified atom stereocenters. The number of anilines is 1. The maximum Gasteiger partial charge on any atom is 0.241 e. The monoisotopic (exact) mass is 417 g/mol. The molecule has 2 amide bonds. The lowest BCUT2D eigenvalue weighted by atomic mass is 9.95. The molecule has 0 aliphatic carbocycles. The maximum atomic E-state index is 12.6. The fourth-order valence-corrected chi connectivity index (χ4v) is 3.50. The number of carbonyl (C=O) groups is 3. The second-order valence-corrected chi connectivity index (χ2v) is 8.17. The Hall–Kier alpha value is -2.25. The molecule has 1 saturated heterocycles. The number of carbonyl (C=O) groups excluding carboxylic acids is 3. The van der Waals surface area contributed by atoms with Crippen molar-refractivity contribution in [3.8, 4) is 0 Å². The number of Topliss-reactive ketones (excluding diaryl/α,β-unsaturated/α-hetero) is 1. The van der Waals surface area contributed by atoms with E-state index in [1.165, 1.54) is 6.92 Å². The van der Waals surface area contributed by atoms with Gasteiger partial charge in [-0.05, 0) is 84.3 Å². The van der Waals surface area contributed by atoms with Crippen molar-refractivity contribution in [2.45, 2.75) is 59.1 Å². The van der Waals surface area contributed by atoms with Crippen molar-refractivity contribution in [3.63, 3.8) is 0 Å². The average molecular weight is 418 g/mol. The van der Waals surface area contributed by atoms with Crippen molar-refractivity contribution in [1.29, 1.82) is 0 Å². The molecule has 1 fully saturated rings. The van der Waals surface area contributed by atoms with Gasteiger partial charge in [0.1, 0.15) is 0 Å². The minimum absolute atomic E-state index is 0.00153. The number of benzene rings is 1. The summed E-state index contributed by atoms with van der Waals surface area (Å²) in [5, 5.41) is 5.90. The van der Waals surface area contributed by atoms with Gasteiger partial charge in [-0.1, -0.05) is 0 Å². The van der Waals surface area contributed by atoms with E-state index in [2.05, 4.69) is 15.5 Å². The van der Waals surface area contributed by atoms with Crippen molar-refractivity contribution in [3.05, 3.63) is 29.8 Å². The van der Waals surface area contributed by atoms with Gasteiger partial charge in [0.15, 0.2) is 5.78 Å². The Morgan fingerprint density at radius 1 is 1.10 bits per heavy atom. The number of piperidine rings is 1. The summed E-state index contributed by atoms with van der Waals surface area (Å²) in [6.45, 7) is 10.1. The maximum absolute atomic E-state index is 12.6. The van der Waals surface area contributed by atoms with Crippen LogP contribution in [0.4, 0.5) is 5.69 Å². The number of nitrogens with one attached hydrogen (secondary N) is 2. The first kappa shape index (κ1) is 24.0. The topological polar surface area (TPSA) is 87.7 Å². The minimum atomic E-state index is -0.283. The van der Waals surface area contributed by atoms with E-state index in [0.717, 1.165) is 19.3 Å². The molecule has 2 N–H and O–H groups in total. The highest BCUT2D eigenvalue weighted by atomic mass is 16.5. The summed E-state index contributed by atoms with van der Waals surface area (Å²) in [4.78, 5) is 38.4. The van der Waals surface area contributed by atoms with E-state index >= 15 is 0 Å². The summed E-state index contributed by atoms with van der Waals surface area (Å²) < 4.78 is 5.48. The zero-order valence-corrected chi connectivity index (χ0v) is 18.6. The van der Waals surface area contributed by atoms with Crippen molar-refractivity contribution in [2.24, 2.45) is 5.92 Å². The lowest BCUT2D eigenvalue weighted by Gasteiger charge is -2.34. The normalized spacial score (nSPS) is 16.3. The second-order valence-electron chi connectivity index (χ2n) is 8.17. The van der Waals surface area contributed by atoms with Crippen LogP contribution in [0.3, 0.4) is 0 Å². The number of hydrogen-bond acceptors (Lipinski definition) is 5. The predicted molar refractivity (Wildman–Crippen MR) is 118 cm³/mol. The fraction of sp³-hybridized carbons (Fsp3) is 0.609. The summed E-state index contributed by atoms with van der Waals surface area (Å²) in [7, 11) is 0. The molecule has 2 rings (SSSR count). The molecule has 1 aromatic rings. The van der Waals surface area contributed by atoms with E-state index in [1.807, 2.05) is 20.8 Å². The van der Waals surface area contributed by atoms with E-state index in [4.69, 9.17) is 4.74 Å². The van der Waals surface area contributed by atoms with Crippen LogP contribution in [0.25, 0.3) is 0 Å². The van der Waals surface area contributed by atoms with Crippen LogP contribution < -0.4 is 10.6 Å². The van der Waals surface area contributed by atoms with Gasteiger partial charge in [-0.2, -0.15) is 0 Å². The molecule has 0 aromatic heterocycles. The van der Waals surface area contributed by atoms with E-state index < -0.39 is 0 Å². The Balaban J connectivity index is 1.72. The quantitative estimate of drug-likeness (QED) is 0.451. The molecule has 0 bridgehead atoms. The molecule has 7 nitrogen and oxygen atoms in total. The second kappa shape index (κ2) is 11.8. The first-order valence-electron chi connectivity index (χ1n) is 10.8. The summed E-state index contributed by atoms with van der Waals surface area (Å²) >= 11 is 0. The van der Waals surface area contributed by atoms with Gasteiger partial charge in [0, 0.05) is 30.3 Å². The van der Waals surface area contributed by atoms with Crippen molar-refractivity contribution < 1.29 is 19.1 Å². The van der Waals surface area contributed by atoms with Gasteiger partial charge in [-0.15, -0.1) is 0 Å². The highest BCUT2D eigenvalue weighted by molar-refractivity contribution is 5.97. The van der Waals surface area contributed by atoms with Crippen molar-refractivity contribution >= 4 is 23.3 Å². The Morgan fingerprint density at radius 2 is 1.73 bits per heavy atom. The minimum Gasteiger partial charge on any atom is -0.379 e. The molecule has 0 saturated carbocycles. The van der Waals surface area contributed by atoms with Gasteiger partial charge in [0.2, 0.25) is 11.8 Å². The van der Waals surface area contributed by atoms with Crippen LogP contribution in [0, 0.1) is 5.92 Å². The molecule has 166 valence electrons. The van der Waals surface area contributed by atoms with Crippen LogP contribution >= 0.6 is 0 Å². The van der Waals surface area contributed by atoms with Gasteiger partial charge < -0.3 is 15.4 Å². The average Bonchev–Trinajstić information content (AvgIpc) is 2.73. The smallest absolute Gasteiger partial charge is 0.241 e. The van der Waals surface area contributed by atoms with E-state index in [0.29, 0.717) is 37.5 Å². The Kier molecular flexibility index (Phi) is 9.46. The lowest BCUT2D eigenvalue weighted by Crippen LogP contribution is -2.48. The van der Waals surface area contributed by atoms with Crippen LogP contribution in [0.2, 0.25) is 0 Å². The predicted octanol–water partition coefficient (Wildman–Crippen LogP) is 2.86. The van der Waals surface area contributed by atoms with Crippen LogP contribution in [0.15, 0.2) is 24.3 Å². The number of rotatable bonds is 10. The number of ether oxygens (including phenoxy) is 1. The molecule has 0 spiro atoms. The third-order valence-corrected chi connectivity index (χ3v) is 5.46. The molecular formula is C23H35N3O4. The first-order valence-corrected chi connectivity index (χ1v) is 10.8. The van der Waals surface area contributed by atoms with Gasteiger partial charge in [0.05, 0.1) is 12.1 Å². The van der Waals surface area contributed by atoms with E-state index in [9.17, 15) is 14.4 Å². The number of likely N-dealkylation sites (tertiary alicyclic amines) is 1. The summed E-state index contributed by atoms with van der Waals surface area (Å²) in [6.07, 6.45) is 2.52. The number of amides is 2. The summed E-state index contributed by atoms with van der Waals surface area (Å²) in [6, 6.07) is 6.62. The number of hydrogen-bond donors (Lipinski definition) is 2. The molecule has 1 atom stereocenters. The van der Waals surface area contributed by atoms with Crippen LogP contribution in [0.5, 0.6) is 0 Å². The largest absolute Gasteiger partial charge is 0.379 e. The van der Waals surface area contributed by atoms with Gasteiger partial charge in [-0.3, -0.25) is 19.3 Å². The fourth-order valence-electron chi connectivity index (χ4n) is 3.50. The Labute approximate surface area is 179 Å². The Morgan fingerprint density at radius 3 is 2.30 bits per heavy atom. The Bertz CT molecular complexity index is 710. The number of ketones is 1. The molecular weight excluding hydrogens is 382 g/mol. The third kappa shape index (κ3) is 7.54. The first-order chi connectivity index (χ1) is 14.3. The van der Waals surface area contributed by atoms with E-state index in [-0.39, 0.29) is 35.7 Å². The summed E-state index contributed by atoms with van der Waals surface area (Å²) in [5.74, 6) is 0.0131. The molecule has 7 heteroatoms. The summed E-state index contributed by atoms with van der Waals surface area (Å²) in [5.41, 5.74) is 1.29. The zero-order chi connectivity index (χ0) is 22.1.